The smallest absolute Gasteiger partial charge is 0.151 e. The fourth-order valence-corrected chi connectivity index (χ4v) is 1.47. The number of aromatic nitrogens is 2. The first kappa shape index (κ1) is 7.49. The molecule has 0 fully saturated rings. The Morgan fingerprint density at radius 2 is 2.42 bits per heavy atom. The monoisotopic (exact) mass is 224 g/mol. The number of rotatable bonds is 1. The SMILES string of the molecule is O=Cc1cc2nccn2cc1Br. The lowest BCUT2D eigenvalue weighted by Crippen LogP contribution is -1.88. The summed E-state index contributed by atoms with van der Waals surface area (Å²) < 4.78 is 2.62. The third-order valence-electron chi connectivity index (χ3n) is 1.64. The Morgan fingerprint density at radius 3 is 3.17 bits per heavy atom. The van der Waals surface area contributed by atoms with Gasteiger partial charge in [-0.1, -0.05) is 0 Å². The average Bonchev–Trinajstić information content (AvgIpc) is 2.49. The molecule has 4 heteroatoms. The maximum absolute atomic E-state index is 10.5. The lowest BCUT2D eigenvalue weighted by molar-refractivity contribution is 0.112. The molecule has 3 nitrogen and oxygen atoms in total. The molecule has 2 aromatic heterocycles. The summed E-state index contributed by atoms with van der Waals surface area (Å²) in [4.78, 5) is 14.6. The quantitative estimate of drug-likeness (QED) is 0.694. The number of carbonyl (C=O) groups is 1. The summed E-state index contributed by atoms with van der Waals surface area (Å²) in [7, 11) is 0. The van der Waals surface area contributed by atoms with Crippen LogP contribution in [-0.4, -0.2) is 15.7 Å². The van der Waals surface area contributed by atoms with Gasteiger partial charge in [-0.2, -0.15) is 0 Å². The van der Waals surface area contributed by atoms with E-state index in [1.165, 1.54) is 0 Å². The zero-order chi connectivity index (χ0) is 8.55. The van der Waals surface area contributed by atoms with Crippen LogP contribution in [-0.2, 0) is 0 Å². The molecule has 2 rings (SSSR count). The van der Waals surface area contributed by atoms with Crippen molar-refractivity contribution in [2.24, 2.45) is 0 Å². The van der Waals surface area contributed by atoms with E-state index in [4.69, 9.17) is 0 Å². The van der Waals surface area contributed by atoms with Crippen molar-refractivity contribution in [2.45, 2.75) is 0 Å². The van der Waals surface area contributed by atoms with Crippen LogP contribution in [0.25, 0.3) is 5.65 Å². The number of imidazole rings is 1. The Morgan fingerprint density at radius 1 is 1.58 bits per heavy atom. The molecule has 0 aromatic carbocycles. The summed E-state index contributed by atoms with van der Waals surface area (Å²) in [6.07, 6.45) is 6.13. The average molecular weight is 225 g/mol. The zero-order valence-corrected chi connectivity index (χ0v) is 7.65. The fraction of sp³-hybridized carbons (Fsp3) is 0. The standard InChI is InChI=1S/C8H5BrN2O/c9-7-4-11-2-1-10-8(11)3-6(7)5-12/h1-5H. The number of pyridine rings is 1. The highest BCUT2D eigenvalue weighted by Crippen LogP contribution is 2.16. The van der Waals surface area contributed by atoms with E-state index in [1.54, 1.807) is 12.3 Å². The van der Waals surface area contributed by atoms with Crippen LogP contribution in [0.3, 0.4) is 0 Å². The fourth-order valence-electron chi connectivity index (χ4n) is 1.04. The van der Waals surface area contributed by atoms with Gasteiger partial charge in [0.2, 0.25) is 0 Å². The van der Waals surface area contributed by atoms with Crippen molar-refractivity contribution in [3.05, 3.63) is 34.7 Å². The Hall–Kier alpha value is -1.16. The van der Waals surface area contributed by atoms with E-state index in [0.29, 0.717) is 5.56 Å². The molecular weight excluding hydrogens is 220 g/mol. The largest absolute Gasteiger partial charge is 0.306 e. The number of nitrogens with zero attached hydrogens (tertiary/aromatic N) is 2. The molecule has 0 aliphatic carbocycles. The maximum Gasteiger partial charge on any atom is 0.151 e. The lowest BCUT2D eigenvalue weighted by Gasteiger charge is -1.97. The van der Waals surface area contributed by atoms with Gasteiger partial charge in [0.15, 0.2) is 6.29 Å². The first-order valence-electron chi connectivity index (χ1n) is 3.38. The van der Waals surface area contributed by atoms with Gasteiger partial charge in [-0.05, 0) is 22.0 Å². The summed E-state index contributed by atoms with van der Waals surface area (Å²) in [6.45, 7) is 0. The second-order valence-corrected chi connectivity index (χ2v) is 3.24. The molecule has 0 atom stereocenters. The summed E-state index contributed by atoms with van der Waals surface area (Å²) in [6, 6.07) is 1.73. The minimum Gasteiger partial charge on any atom is -0.306 e. The van der Waals surface area contributed by atoms with Gasteiger partial charge in [-0.15, -0.1) is 0 Å². The molecule has 12 heavy (non-hydrogen) atoms. The maximum atomic E-state index is 10.5. The summed E-state index contributed by atoms with van der Waals surface area (Å²) >= 11 is 3.28. The van der Waals surface area contributed by atoms with Gasteiger partial charge in [-0.3, -0.25) is 4.79 Å². The van der Waals surface area contributed by atoms with Crippen molar-refractivity contribution in [1.82, 2.24) is 9.38 Å². The molecular formula is C8H5BrN2O. The molecule has 60 valence electrons. The molecule has 0 spiro atoms. The number of hydrogen-bond acceptors (Lipinski definition) is 2. The summed E-state index contributed by atoms with van der Waals surface area (Å²) in [5.41, 5.74) is 1.40. The van der Waals surface area contributed by atoms with Gasteiger partial charge in [0.25, 0.3) is 0 Å². The van der Waals surface area contributed by atoms with Crippen molar-refractivity contribution < 1.29 is 4.79 Å². The predicted octanol–water partition coefficient (Wildman–Crippen LogP) is 1.91. The normalized spacial score (nSPS) is 10.4. The van der Waals surface area contributed by atoms with Crippen molar-refractivity contribution in [3.8, 4) is 0 Å². The molecule has 0 amide bonds. The van der Waals surface area contributed by atoms with Crippen LogP contribution in [0.15, 0.2) is 29.1 Å². The number of carbonyl (C=O) groups excluding carboxylic acids is 1. The van der Waals surface area contributed by atoms with Gasteiger partial charge in [0.1, 0.15) is 5.65 Å². The third kappa shape index (κ3) is 1.04. The number of aldehydes is 1. The number of fused-ring (bicyclic) bond motifs is 1. The number of hydrogen-bond donors (Lipinski definition) is 0. The second-order valence-electron chi connectivity index (χ2n) is 2.39. The van der Waals surface area contributed by atoms with Crippen LogP contribution in [0.5, 0.6) is 0 Å². The summed E-state index contributed by atoms with van der Waals surface area (Å²) in [5.74, 6) is 0. The molecule has 0 saturated heterocycles. The van der Waals surface area contributed by atoms with E-state index in [-0.39, 0.29) is 0 Å². The highest BCUT2D eigenvalue weighted by atomic mass is 79.9. The molecule has 2 heterocycles. The van der Waals surface area contributed by atoms with E-state index in [1.807, 2.05) is 16.8 Å². The number of halogens is 1. The first-order valence-corrected chi connectivity index (χ1v) is 4.18. The van der Waals surface area contributed by atoms with Crippen LogP contribution in [0.4, 0.5) is 0 Å². The zero-order valence-electron chi connectivity index (χ0n) is 6.07. The van der Waals surface area contributed by atoms with E-state index in [0.717, 1.165) is 16.4 Å². The van der Waals surface area contributed by atoms with Crippen LogP contribution in [0.2, 0.25) is 0 Å². The van der Waals surface area contributed by atoms with E-state index >= 15 is 0 Å². The third-order valence-corrected chi connectivity index (χ3v) is 2.30. The Bertz CT molecular complexity index is 436. The minimum atomic E-state index is 0.619. The van der Waals surface area contributed by atoms with Crippen LogP contribution >= 0.6 is 15.9 Å². The van der Waals surface area contributed by atoms with Crippen LogP contribution in [0, 0.1) is 0 Å². The van der Waals surface area contributed by atoms with Gasteiger partial charge >= 0.3 is 0 Å². The Kier molecular flexibility index (Phi) is 1.69. The van der Waals surface area contributed by atoms with E-state index in [2.05, 4.69) is 20.9 Å². The molecule has 0 unspecified atom stereocenters. The Balaban J connectivity index is 2.81. The van der Waals surface area contributed by atoms with Gasteiger partial charge in [0, 0.05) is 28.6 Å². The molecule has 0 saturated carbocycles. The van der Waals surface area contributed by atoms with E-state index in [9.17, 15) is 4.79 Å². The predicted molar refractivity (Wildman–Crippen MR) is 48.3 cm³/mol. The molecule has 0 aliphatic heterocycles. The van der Waals surface area contributed by atoms with Gasteiger partial charge in [-0.25, -0.2) is 4.98 Å². The van der Waals surface area contributed by atoms with Crippen molar-refractivity contribution in [2.75, 3.05) is 0 Å². The van der Waals surface area contributed by atoms with Crippen molar-refractivity contribution >= 4 is 27.9 Å². The molecule has 0 aliphatic rings. The minimum absolute atomic E-state index is 0.619. The first-order chi connectivity index (χ1) is 5.81. The van der Waals surface area contributed by atoms with E-state index < -0.39 is 0 Å². The summed E-state index contributed by atoms with van der Waals surface area (Å²) in [5, 5.41) is 0. The topological polar surface area (TPSA) is 34.4 Å². The second kappa shape index (κ2) is 2.71. The van der Waals surface area contributed by atoms with Crippen LogP contribution in [0.1, 0.15) is 10.4 Å². The highest BCUT2D eigenvalue weighted by molar-refractivity contribution is 9.10. The Labute approximate surface area is 77.2 Å². The van der Waals surface area contributed by atoms with Gasteiger partial charge in [0.05, 0.1) is 0 Å². The lowest BCUT2D eigenvalue weighted by atomic mass is 10.3. The van der Waals surface area contributed by atoms with Crippen molar-refractivity contribution in [1.29, 1.82) is 0 Å². The highest BCUT2D eigenvalue weighted by Gasteiger charge is 2.01. The molecule has 2 aromatic rings. The van der Waals surface area contributed by atoms with Gasteiger partial charge < -0.3 is 4.40 Å². The molecule has 0 radical (unpaired) electrons. The molecule has 0 bridgehead atoms. The molecule has 0 N–H and O–H groups in total. The van der Waals surface area contributed by atoms with Crippen molar-refractivity contribution in [3.63, 3.8) is 0 Å². The van der Waals surface area contributed by atoms with Crippen LogP contribution < -0.4 is 0 Å².